The fourth-order valence-electron chi connectivity index (χ4n) is 4.92. The number of benzene rings is 2. The molecular formula is C26H30Cl2N2O4. The van der Waals surface area contributed by atoms with Crippen LogP contribution < -0.4 is 4.74 Å². The van der Waals surface area contributed by atoms with E-state index in [0.717, 1.165) is 24.0 Å². The Hall–Kier alpha value is -2.28. The second-order valence-corrected chi connectivity index (χ2v) is 10.0. The summed E-state index contributed by atoms with van der Waals surface area (Å²) in [5.74, 6) is -0.269. The maximum Gasteiger partial charge on any atom is 0.321 e. The number of piperidine rings is 2. The summed E-state index contributed by atoms with van der Waals surface area (Å²) in [6.07, 6.45) is 2.38. The van der Waals surface area contributed by atoms with E-state index in [1.165, 1.54) is 0 Å². The fourth-order valence-corrected chi connectivity index (χ4v) is 5.34. The summed E-state index contributed by atoms with van der Waals surface area (Å²) in [4.78, 5) is 28.9. The lowest BCUT2D eigenvalue weighted by molar-refractivity contribution is -0.148. The van der Waals surface area contributed by atoms with Gasteiger partial charge in [0, 0.05) is 42.7 Å². The van der Waals surface area contributed by atoms with E-state index < -0.39 is 12.0 Å². The number of rotatable bonds is 5. The number of ether oxygens (including phenoxy) is 1. The summed E-state index contributed by atoms with van der Waals surface area (Å²) >= 11 is 12.5. The van der Waals surface area contributed by atoms with Crippen LogP contribution in [0, 0.1) is 13.8 Å². The van der Waals surface area contributed by atoms with Crippen molar-refractivity contribution in [2.45, 2.75) is 57.7 Å². The Morgan fingerprint density at radius 1 is 0.971 bits per heavy atom. The van der Waals surface area contributed by atoms with Crippen molar-refractivity contribution < 1.29 is 19.4 Å². The molecule has 6 nitrogen and oxygen atoms in total. The predicted octanol–water partition coefficient (Wildman–Crippen LogP) is 5.21. The number of carboxylic acid groups (broad SMARTS) is 1. The first kappa shape index (κ1) is 24.8. The number of halogens is 2. The van der Waals surface area contributed by atoms with Crippen LogP contribution in [0.15, 0.2) is 36.4 Å². The molecule has 2 fully saturated rings. The third-order valence-electron chi connectivity index (χ3n) is 6.98. The highest BCUT2D eigenvalue weighted by Crippen LogP contribution is 2.35. The van der Waals surface area contributed by atoms with Crippen molar-refractivity contribution in [2.75, 3.05) is 19.6 Å². The molecule has 0 aromatic heterocycles. The van der Waals surface area contributed by atoms with Gasteiger partial charge in [0.1, 0.15) is 17.9 Å². The SMILES string of the molecule is Cc1ccc(C(=O)N2CCC(N3CC[C@@H](Oc4ccc(Cl)c(C)c4Cl)C[C@@H]3C(=O)O)CC2)cc1. The minimum atomic E-state index is -0.843. The zero-order chi connectivity index (χ0) is 24.4. The molecule has 34 heavy (non-hydrogen) atoms. The molecule has 1 N–H and O–H groups in total. The topological polar surface area (TPSA) is 70.1 Å². The number of carbonyl (C=O) groups excluding carboxylic acids is 1. The van der Waals surface area contributed by atoms with Crippen LogP contribution in [0.4, 0.5) is 0 Å². The van der Waals surface area contributed by atoms with Crippen LogP contribution in [0.5, 0.6) is 5.75 Å². The van der Waals surface area contributed by atoms with Crippen LogP contribution in [-0.2, 0) is 4.79 Å². The predicted molar refractivity (Wildman–Crippen MR) is 133 cm³/mol. The first-order chi connectivity index (χ1) is 16.2. The van der Waals surface area contributed by atoms with Gasteiger partial charge in [-0.3, -0.25) is 14.5 Å². The van der Waals surface area contributed by atoms with Gasteiger partial charge in [-0.15, -0.1) is 0 Å². The van der Waals surface area contributed by atoms with Crippen LogP contribution in [0.1, 0.15) is 47.2 Å². The molecule has 1 amide bonds. The molecule has 0 spiro atoms. The third kappa shape index (κ3) is 5.35. The van der Waals surface area contributed by atoms with Crippen molar-refractivity contribution in [1.82, 2.24) is 9.80 Å². The maximum atomic E-state index is 12.8. The number of likely N-dealkylation sites (tertiary alicyclic amines) is 2. The average Bonchev–Trinajstić information content (AvgIpc) is 2.84. The van der Waals surface area contributed by atoms with Crippen molar-refractivity contribution >= 4 is 35.1 Å². The maximum absolute atomic E-state index is 12.8. The van der Waals surface area contributed by atoms with E-state index in [-0.39, 0.29) is 18.1 Å². The molecule has 2 aliphatic heterocycles. The lowest BCUT2D eigenvalue weighted by Gasteiger charge is -2.44. The Balaban J connectivity index is 1.37. The van der Waals surface area contributed by atoms with Crippen LogP contribution in [0.25, 0.3) is 0 Å². The molecule has 0 aliphatic carbocycles. The van der Waals surface area contributed by atoms with Crippen LogP contribution in [-0.4, -0.2) is 64.6 Å². The van der Waals surface area contributed by atoms with Gasteiger partial charge in [0.05, 0.1) is 5.02 Å². The van der Waals surface area contributed by atoms with Gasteiger partial charge in [0.2, 0.25) is 0 Å². The summed E-state index contributed by atoms with van der Waals surface area (Å²) in [5, 5.41) is 11.0. The molecule has 4 rings (SSSR count). The standard InChI is InChI=1S/C26H30Cl2N2O4/c1-16-3-5-18(6-4-16)25(31)29-12-9-19(10-13-29)30-14-11-20(15-22(30)26(32)33)34-23-8-7-21(27)17(2)24(23)28/h3-8,19-20,22H,9-15H2,1-2H3,(H,32,33)/t20-,22-/m1/s1. The smallest absolute Gasteiger partial charge is 0.321 e. The monoisotopic (exact) mass is 504 g/mol. The molecule has 2 aliphatic rings. The summed E-state index contributed by atoms with van der Waals surface area (Å²) in [7, 11) is 0. The van der Waals surface area contributed by atoms with Gasteiger partial charge in [-0.25, -0.2) is 0 Å². The summed E-state index contributed by atoms with van der Waals surface area (Å²) in [5.41, 5.74) is 2.57. The van der Waals surface area contributed by atoms with Crippen LogP contribution >= 0.6 is 23.2 Å². The molecule has 0 radical (unpaired) electrons. The number of hydrogen-bond donors (Lipinski definition) is 1. The third-order valence-corrected chi connectivity index (χ3v) is 7.86. The van der Waals surface area contributed by atoms with Gasteiger partial charge in [-0.2, -0.15) is 0 Å². The first-order valence-corrected chi connectivity index (χ1v) is 12.5. The van der Waals surface area contributed by atoms with Crippen molar-refractivity contribution in [3.8, 4) is 5.75 Å². The van der Waals surface area contributed by atoms with Gasteiger partial charge in [-0.1, -0.05) is 40.9 Å². The van der Waals surface area contributed by atoms with E-state index in [1.807, 2.05) is 43.0 Å². The molecule has 182 valence electrons. The van der Waals surface area contributed by atoms with E-state index >= 15 is 0 Å². The van der Waals surface area contributed by atoms with Crippen molar-refractivity contribution in [3.05, 3.63) is 63.1 Å². The van der Waals surface area contributed by atoms with Gasteiger partial charge >= 0.3 is 5.97 Å². The molecule has 0 unspecified atom stereocenters. The van der Waals surface area contributed by atoms with E-state index in [4.69, 9.17) is 27.9 Å². The molecule has 8 heteroatoms. The first-order valence-electron chi connectivity index (χ1n) is 11.7. The van der Waals surface area contributed by atoms with Gasteiger partial charge in [0.25, 0.3) is 5.91 Å². The Kier molecular flexibility index (Phi) is 7.70. The number of aryl methyl sites for hydroxylation is 1. The normalized spacial score (nSPS) is 21.9. The Labute approximate surface area is 210 Å². The average molecular weight is 505 g/mol. The second kappa shape index (κ2) is 10.5. The Morgan fingerprint density at radius 3 is 2.29 bits per heavy atom. The zero-order valence-corrected chi connectivity index (χ0v) is 21.0. The number of nitrogens with zero attached hydrogens (tertiary/aromatic N) is 2. The largest absolute Gasteiger partial charge is 0.489 e. The molecule has 2 aromatic carbocycles. The Bertz CT molecular complexity index is 1050. The van der Waals surface area contributed by atoms with Gasteiger partial charge in [0.15, 0.2) is 0 Å². The highest BCUT2D eigenvalue weighted by molar-refractivity contribution is 6.36. The molecule has 2 saturated heterocycles. The van der Waals surface area contributed by atoms with E-state index in [9.17, 15) is 14.7 Å². The molecule has 0 saturated carbocycles. The summed E-state index contributed by atoms with van der Waals surface area (Å²) < 4.78 is 6.11. The number of carboxylic acids is 1. The number of carbonyl (C=O) groups is 2. The highest BCUT2D eigenvalue weighted by Gasteiger charge is 2.39. The zero-order valence-electron chi connectivity index (χ0n) is 19.5. The minimum absolute atomic E-state index is 0.0375. The minimum Gasteiger partial charge on any atom is -0.489 e. The van der Waals surface area contributed by atoms with Crippen molar-refractivity contribution in [1.29, 1.82) is 0 Å². The lowest BCUT2D eigenvalue weighted by atomic mass is 9.93. The van der Waals surface area contributed by atoms with Crippen LogP contribution in [0.2, 0.25) is 10.0 Å². The quantitative estimate of drug-likeness (QED) is 0.604. The van der Waals surface area contributed by atoms with E-state index in [1.54, 1.807) is 12.1 Å². The lowest BCUT2D eigenvalue weighted by Crippen LogP contribution is -2.56. The summed E-state index contributed by atoms with van der Waals surface area (Å²) in [6.45, 7) is 5.70. The van der Waals surface area contributed by atoms with Crippen LogP contribution in [0.3, 0.4) is 0 Å². The van der Waals surface area contributed by atoms with Gasteiger partial charge in [-0.05, 0) is 62.9 Å². The molecular weight excluding hydrogens is 475 g/mol. The van der Waals surface area contributed by atoms with Crippen molar-refractivity contribution in [2.24, 2.45) is 0 Å². The highest BCUT2D eigenvalue weighted by atomic mass is 35.5. The number of amides is 1. The second-order valence-electron chi connectivity index (χ2n) is 9.23. The molecule has 0 bridgehead atoms. The number of aliphatic carboxylic acids is 1. The molecule has 2 atom stereocenters. The molecule has 2 heterocycles. The summed E-state index contributed by atoms with van der Waals surface area (Å²) in [6, 6.07) is 10.6. The van der Waals surface area contributed by atoms with Gasteiger partial charge < -0.3 is 14.7 Å². The van der Waals surface area contributed by atoms with E-state index in [0.29, 0.717) is 53.8 Å². The molecule has 2 aromatic rings. The van der Waals surface area contributed by atoms with E-state index in [2.05, 4.69) is 4.90 Å². The Morgan fingerprint density at radius 2 is 1.65 bits per heavy atom. The fraction of sp³-hybridized carbons (Fsp3) is 0.462. The van der Waals surface area contributed by atoms with Crippen molar-refractivity contribution in [3.63, 3.8) is 0 Å². The number of hydrogen-bond acceptors (Lipinski definition) is 4.